The third kappa shape index (κ3) is 18.0. The van der Waals surface area contributed by atoms with Crippen molar-refractivity contribution in [2.45, 2.75) is 527 Å². The number of fused-ring (bicyclic) bond motifs is 21. The first-order valence-corrected chi connectivity index (χ1v) is 57.8. The zero-order chi connectivity index (χ0) is 105. The van der Waals surface area contributed by atoms with Crippen molar-refractivity contribution in [2.75, 3.05) is 13.2 Å². The number of aliphatic hydroxyl groups is 4. The summed E-state index contributed by atoms with van der Waals surface area (Å²) >= 11 is 0. The molecule has 4 N–H and O–H groups in total. The number of aliphatic hydroxyl groups excluding tert-OH is 2. The predicted octanol–water partition coefficient (Wildman–Crippen LogP) is 27.6. The van der Waals surface area contributed by atoms with Crippen LogP contribution in [0.3, 0.4) is 0 Å². The zero-order valence-electron chi connectivity index (χ0n) is 96.2. The fourth-order valence-corrected chi connectivity index (χ4v) is 40.7. The molecule has 0 amide bonds. The molecule has 0 aromatic heterocycles. The van der Waals surface area contributed by atoms with Gasteiger partial charge in [-0.15, -0.1) is 19.7 Å². The van der Waals surface area contributed by atoms with Crippen LogP contribution < -0.4 is 0 Å². The van der Waals surface area contributed by atoms with E-state index in [4.69, 9.17) is 33.2 Å². The summed E-state index contributed by atoms with van der Waals surface area (Å²) in [4.78, 5) is 61.0. The molecule has 6 unspecified atom stereocenters. The summed E-state index contributed by atoms with van der Waals surface area (Å²) in [7, 11) is 0. The molecule has 7 saturated heterocycles. The van der Waals surface area contributed by atoms with Gasteiger partial charge >= 0.3 is 11.9 Å². The molecule has 0 spiro atoms. The zero-order valence-corrected chi connectivity index (χ0v) is 96.2. The van der Waals surface area contributed by atoms with E-state index in [1.807, 2.05) is 6.92 Å². The molecule has 0 radical (unpaired) electrons. The van der Waals surface area contributed by atoms with E-state index in [1.54, 1.807) is 32.1 Å². The van der Waals surface area contributed by atoms with Gasteiger partial charge in [-0.2, -0.15) is 0 Å². The summed E-state index contributed by atoms with van der Waals surface area (Å²) < 4.78 is 42.9. The van der Waals surface area contributed by atoms with Crippen LogP contribution in [-0.2, 0) is 57.1 Å². The maximum atomic E-state index is 12.5. The van der Waals surface area contributed by atoms with E-state index >= 15 is 0 Å². The van der Waals surface area contributed by atoms with Gasteiger partial charge < -0.3 is 53.6 Å². The van der Waals surface area contributed by atoms with Crippen LogP contribution >= 0.6 is 0 Å². The molecule has 806 valence electrons. The van der Waals surface area contributed by atoms with Gasteiger partial charge in [-0.3, -0.25) is 24.0 Å². The number of hydrogen-bond acceptors (Lipinski definition) is 16. The Balaban J connectivity index is 0.000000125. The van der Waals surface area contributed by atoms with Gasteiger partial charge in [0.2, 0.25) is 0 Å². The van der Waals surface area contributed by atoms with Crippen LogP contribution in [0.25, 0.3) is 0 Å². The number of ketones is 3. The standard InChI is InChI=1S/3C20H32O3.C17H28O2.C17H30O.C16H26O3.C16H26O/c2*1-7-19(5,22)16-12-14-18(4)10-9-15(21)17(2,3)13(18)8-11-20(14,6)23-16;1-7-19(5)16(22)12-14-18(4)10-9-15(21)17(2,3)13(18)8-11-20(14,6)23-19;1-11-6-8-16(4)12(15(11,2)3)7-9-17(5)13(16)10-14(18)19-17;1-12-6-9-16(4)13(15(12,2)3)7-10-17(5)14(16)8-11-18-17;1-14(2)10-5-8-16(4)11(9-13(18)19-16)15(10,3)7-6-12(14)17;1-14(2)8-5-9-15(3)12(14)6-10-16(4)13(15)7-11-17-16/h3*7,13-14,16,22H,1,8-12H2,2-6H3;11-13H,6-10H2,1-5H3;12-14H,6-11H2,1-5H3;10-12,17H,5-9H2,1-4H3;5,8,12-13H,6-7,9-11H2,1-4H3/t13-,14+,16+,18-,19+,20+;13-,14+,16-,18-,19+,20+;13-,14+,16+,18-,19+,20+;11?,12?,13-,16+,17-;12?,13?,14-,16+,17-;10-,11+,12?,15-,16+;12?,13-,15+,16-/m0001101/s1. The Kier molecular flexibility index (Phi) is 29.3. The first-order valence-electron chi connectivity index (χ1n) is 57.8. The topological polar surface area (TPSA) is 231 Å². The lowest BCUT2D eigenvalue weighted by Crippen LogP contribution is -2.66. The van der Waals surface area contributed by atoms with Crippen molar-refractivity contribution >= 4 is 29.3 Å². The first-order chi connectivity index (χ1) is 65.0. The minimum atomic E-state index is -0.994. The number of carbonyl (C=O) groups excluding carboxylic acids is 5. The average Bonchev–Trinajstić information content (AvgIpc) is 0.936. The van der Waals surface area contributed by atoms with Crippen LogP contribution in [0.5, 0.6) is 0 Å². The van der Waals surface area contributed by atoms with Crippen molar-refractivity contribution in [1.82, 2.24) is 0 Å². The predicted molar refractivity (Wildman–Crippen MR) is 568 cm³/mol. The highest BCUT2D eigenvalue weighted by Gasteiger charge is 2.73. The number of allylic oxidation sites excluding steroid dienone is 2. The maximum absolute atomic E-state index is 12.5. The molecule has 142 heavy (non-hydrogen) atoms. The number of hydrogen-bond donors (Lipinski definition) is 4. The maximum Gasteiger partial charge on any atom is 0.306 e. The van der Waals surface area contributed by atoms with Gasteiger partial charge in [-0.05, 0) is 398 Å². The lowest BCUT2D eigenvalue weighted by atomic mass is 9.43. The van der Waals surface area contributed by atoms with E-state index in [0.717, 1.165) is 164 Å². The van der Waals surface area contributed by atoms with Crippen LogP contribution in [0.1, 0.15) is 447 Å². The average molecular weight is 1980 g/mol. The summed E-state index contributed by atoms with van der Waals surface area (Å²) in [6.07, 6.45) is 43.7. The number of ether oxygens (including phenoxy) is 7. The second-order valence-electron chi connectivity index (χ2n) is 60.4. The normalized spacial score (nSPS) is 51.3. The molecule has 0 aromatic carbocycles. The highest BCUT2D eigenvalue weighted by atomic mass is 16.6. The van der Waals surface area contributed by atoms with Crippen LogP contribution in [-0.4, -0.2) is 143 Å². The van der Waals surface area contributed by atoms with E-state index in [2.05, 4.69) is 240 Å². The van der Waals surface area contributed by atoms with Crippen molar-refractivity contribution in [3.05, 3.63) is 50.1 Å². The summed E-state index contributed by atoms with van der Waals surface area (Å²) in [6.45, 7) is 88.3. The van der Waals surface area contributed by atoms with Crippen molar-refractivity contribution in [3.8, 4) is 0 Å². The van der Waals surface area contributed by atoms with Crippen molar-refractivity contribution < 1.29 is 77.6 Å². The molecule has 16 nitrogen and oxygen atoms in total. The van der Waals surface area contributed by atoms with E-state index in [1.165, 1.54) is 77.0 Å². The van der Waals surface area contributed by atoms with Crippen molar-refractivity contribution in [3.63, 3.8) is 0 Å². The van der Waals surface area contributed by atoms with Gasteiger partial charge in [0.1, 0.15) is 45.4 Å². The number of carbonyl (C=O) groups is 5. The molecule has 20 fully saturated rings. The summed E-state index contributed by atoms with van der Waals surface area (Å²) in [5.74, 6) is 10.4. The second-order valence-corrected chi connectivity index (χ2v) is 60.4. The minimum Gasteiger partial charge on any atom is -0.459 e. The Morgan fingerprint density at radius 1 is 0.331 bits per heavy atom. The molecule has 7 aliphatic heterocycles. The molecule has 0 bridgehead atoms. The third-order valence-electron chi connectivity index (χ3n) is 50.5. The van der Waals surface area contributed by atoms with E-state index < -0.39 is 22.9 Å². The van der Waals surface area contributed by atoms with Crippen LogP contribution in [0.2, 0.25) is 0 Å². The minimum absolute atomic E-state index is 0.0293. The third-order valence-corrected chi connectivity index (χ3v) is 50.5. The van der Waals surface area contributed by atoms with Gasteiger partial charge in [0.25, 0.3) is 0 Å². The Hall–Kier alpha value is -3.45. The lowest BCUT2D eigenvalue weighted by Gasteiger charge is -2.65. The van der Waals surface area contributed by atoms with Gasteiger partial charge in [-0.1, -0.05) is 190 Å². The largest absolute Gasteiger partial charge is 0.459 e. The smallest absolute Gasteiger partial charge is 0.306 e. The fourth-order valence-electron chi connectivity index (χ4n) is 40.7. The molecule has 16 heteroatoms. The highest BCUT2D eigenvalue weighted by Crippen LogP contribution is 2.74. The monoisotopic (exact) mass is 1980 g/mol. The summed E-state index contributed by atoms with van der Waals surface area (Å²) in [5.41, 5.74) is -1.24. The van der Waals surface area contributed by atoms with Gasteiger partial charge in [0.15, 0.2) is 0 Å². The number of rotatable bonds is 5. The fraction of sp³-hybridized carbons (Fsp3) is 0.897. The van der Waals surface area contributed by atoms with Crippen molar-refractivity contribution in [1.29, 1.82) is 0 Å². The lowest BCUT2D eigenvalue weighted by molar-refractivity contribution is -0.279. The molecule has 14 aliphatic carbocycles. The van der Waals surface area contributed by atoms with Gasteiger partial charge in [-0.25, -0.2) is 0 Å². The molecular formula is C126H206O16. The molecule has 0 aromatic rings. The number of esters is 2. The summed E-state index contributed by atoms with van der Waals surface area (Å²) in [6, 6.07) is 0. The van der Waals surface area contributed by atoms with Crippen LogP contribution in [0.15, 0.2) is 50.1 Å². The van der Waals surface area contributed by atoms with E-state index in [0.29, 0.717) is 124 Å². The molecule has 21 rings (SSSR count). The number of Topliss-reactive ketones (excluding diaryl/α,β-unsaturated/α-hetero) is 3. The quantitative estimate of drug-likeness (QED) is 0.148. The molecule has 37 atom stereocenters. The second kappa shape index (κ2) is 36.9. The highest BCUT2D eigenvalue weighted by molar-refractivity contribution is 5.87. The molecule has 7 heterocycles. The molecule has 21 aliphatic rings. The Labute approximate surface area is 862 Å². The van der Waals surface area contributed by atoms with E-state index in [9.17, 15) is 44.4 Å². The van der Waals surface area contributed by atoms with Gasteiger partial charge in [0.05, 0.1) is 65.3 Å². The Morgan fingerprint density at radius 3 is 1.03 bits per heavy atom. The van der Waals surface area contributed by atoms with Crippen LogP contribution in [0.4, 0.5) is 0 Å². The van der Waals surface area contributed by atoms with E-state index in [-0.39, 0.29) is 124 Å². The Bertz CT molecular complexity index is 4600. The van der Waals surface area contributed by atoms with Crippen LogP contribution in [0, 0.1) is 170 Å². The van der Waals surface area contributed by atoms with Crippen molar-refractivity contribution in [2.24, 2.45) is 170 Å². The first kappa shape index (κ1) is 113. The molecular weight excluding hydrogens is 1770 g/mol. The molecule has 13 saturated carbocycles. The van der Waals surface area contributed by atoms with Gasteiger partial charge in [0, 0.05) is 60.6 Å². The summed E-state index contributed by atoms with van der Waals surface area (Å²) in [5, 5.41) is 42.3. The Morgan fingerprint density at radius 2 is 0.648 bits per heavy atom. The SMILES string of the molecule is C=C[C@@](C)(O)[C@@H]1C[C@@H]2[C@@]3(C)CCC(=O)C(C)(C)[C@@H]3CC[C@@]2(C)O1.C=C[C@@](C)(O)[C@H]1C[C@@H]2[C@@]3(C)CCC(=O)C(C)(C)[C@@H]3CC[C@@]2(C)O1.C=C[C@@]1(C)O[C@]2(C)CC[C@H]3C(C)(C)C(=O)CC[C@]3(C)[C@H]2C[C@H]1O.CC1(C)C(O)CC[C@]2(C)[C@H]3CC(=O)O[C@]3(C)CC[C@@H]12.CC1(C)C=CC[C@@]2(C)C1CC[C@@]1(C)OCC[C@@H]12.CC1CC[C@@]2(C)C(CC[C@@]3(C)OC(=O)C[C@@H]32)C1(C)C.CC1CC[C@@]2(C)C(CC[C@@]3(C)OCC[C@@H]32)C1(C)C.